The molecule has 0 fully saturated rings. The minimum Gasteiger partial charge on any atom is -0.454 e. The van der Waals surface area contributed by atoms with Gasteiger partial charge in [0, 0.05) is 36.2 Å². The number of aliphatic hydroxyl groups is 1. The Bertz CT molecular complexity index is 1590. The van der Waals surface area contributed by atoms with Crippen molar-refractivity contribution in [1.29, 1.82) is 0 Å². The number of ether oxygens (including phenoxy) is 2. The lowest BCUT2D eigenvalue weighted by molar-refractivity contribution is 0.0776. The van der Waals surface area contributed by atoms with Crippen LogP contribution in [0.2, 0.25) is 0 Å². The molecule has 42 heavy (non-hydrogen) atoms. The molecule has 2 atom stereocenters. The first kappa shape index (κ1) is 29.6. The molecule has 2 unspecified atom stereocenters. The largest absolute Gasteiger partial charge is 0.454 e. The maximum absolute atomic E-state index is 13.9. The highest BCUT2D eigenvalue weighted by Crippen LogP contribution is 2.37. The average molecular weight is 593 g/mol. The van der Waals surface area contributed by atoms with Crippen molar-refractivity contribution < 1.29 is 27.8 Å². The lowest BCUT2D eigenvalue weighted by Gasteiger charge is -2.31. The quantitative estimate of drug-likeness (QED) is 0.364. The predicted octanol–water partition coefficient (Wildman–Crippen LogP) is 3.18. The van der Waals surface area contributed by atoms with Crippen molar-refractivity contribution in [2.75, 3.05) is 19.9 Å². The van der Waals surface area contributed by atoms with Crippen LogP contribution in [-0.4, -0.2) is 61.5 Å². The molecule has 3 aliphatic rings. The third kappa shape index (κ3) is 6.28. The number of carbonyl (C=O) groups is 1. The van der Waals surface area contributed by atoms with E-state index >= 15 is 0 Å². The Balaban J connectivity index is 1.40. The predicted molar refractivity (Wildman–Crippen MR) is 161 cm³/mol. The van der Waals surface area contributed by atoms with Gasteiger partial charge < -0.3 is 25.6 Å². The van der Waals surface area contributed by atoms with E-state index in [-0.39, 0.29) is 37.1 Å². The molecule has 5 rings (SSSR count). The molecule has 0 aromatic heterocycles. The zero-order valence-electron chi connectivity index (χ0n) is 23.9. The summed E-state index contributed by atoms with van der Waals surface area (Å²) in [5.41, 5.74) is 9.12. The van der Waals surface area contributed by atoms with Gasteiger partial charge in [0.1, 0.15) is 5.82 Å². The van der Waals surface area contributed by atoms with E-state index in [0.29, 0.717) is 40.6 Å². The van der Waals surface area contributed by atoms with Crippen LogP contribution in [0.25, 0.3) is 0 Å². The Kier molecular flexibility index (Phi) is 8.53. The Hall–Kier alpha value is -3.93. The second-order valence-electron chi connectivity index (χ2n) is 11.1. The van der Waals surface area contributed by atoms with Crippen molar-refractivity contribution in [2.24, 2.45) is 16.6 Å². The highest BCUT2D eigenvalue weighted by molar-refractivity contribution is 7.93. The zero-order valence-corrected chi connectivity index (χ0v) is 24.7. The fraction of sp³-hybridized carbons (Fsp3) is 0.355. The van der Waals surface area contributed by atoms with E-state index < -0.39 is 28.1 Å². The van der Waals surface area contributed by atoms with E-state index in [0.717, 1.165) is 11.1 Å². The third-order valence-electron chi connectivity index (χ3n) is 7.43. The molecule has 11 heteroatoms. The van der Waals surface area contributed by atoms with E-state index in [1.54, 1.807) is 37.3 Å². The van der Waals surface area contributed by atoms with Gasteiger partial charge >= 0.3 is 0 Å². The average Bonchev–Trinajstić information content (AvgIpc) is 3.58. The summed E-state index contributed by atoms with van der Waals surface area (Å²) in [7, 11) is -3.97. The summed E-state index contributed by atoms with van der Waals surface area (Å²) in [6.45, 7) is 5.67. The number of nitrogens with one attached hydrogen (secondary N) is 1. The molecule has 0 spiro atoms. The Labute approximate surface area is 246 Å². The third-order valence-corrected chi connectivity index (χ3v) is 9.35. The van der Waals surface area contributed by atoms with Crippen LogP contribution in [0.1, 0.15) is 41.8 Å². The fourth-order valence-electron chi connectivity index (χ4n) is 5.30. The fourth-order valence-corrected chi connectivity index (χ4v) is 7.03. The van der Waals surface area contributed by atoms with Crippen LogP contribution in [0.3, 0.4) is 0 Å². The van der Waals surface area contributed by atoms with Crippen LogP contribution in [0.4, 0.5) is 0 Å². The lowest BCUT2D eigenvalue weighted by atomic mass is 9.99. The van der Waals surface area contributed by atoms with Gasteiger partial charge in [-0.25, -0.2) is 13.4 Å². The number of hydrogen-bond acceptors (Lipinski definition) is 8. The zero-order chi connectivity index (χ0) is 30.0. The Morgan fingerprint density at radius 1 is 1.12 bits per heavy atom. The summed E-state index contributed by atoms with van der Waals surface area (Å²) in [4.78, 5) is 18.0. The first-order chi connectivity index (χ1) is 20.0. The van der Waals surface area contributed by atoms with E-state index in [4.69, 9.17) is 15.2 Å². The summed E-state index contributed by atoms with van der Waals surface area (Å²) in [6, 6.07) is 12.0. The molecule has 2 aromatic carbocycles. The number of aliphatic hydroxyl groups excluding tert-OH is 1. The van der Waals surface area contributed by atoms with Crippen LogP contribution < -0.4 is 20.5 Å². The molecule has 1 amide bonds. The first-order valence-electron chi connectivity index (χ1n) is 13.9. The number of rotatable bonds is 11. The number of carbonyl (C=O) groups excluding carboxylic acids is 1. The van der Waals surface area contributed by atoms with Gasteiger partial charge in [0.05, 0.1) is 22.8 Å². The standard InChI is InChI=1S/C31H36N4O6S/c1-19(2)16-35(42(38,39)23-10-9-22-14-29(32)33-25(22)15-23)17-27(36)26(13-21-7-5-4-6-8-21)34-31(37)24-11-12-28-30(20(24)3)41-18-40-28/h4-12,14,19,26-27,36H,13,15-18,32H2,1-3H3,(H,34,37). The topological polar surface area (TPSA) is 144 Å². The molecule has 0 saturated carbocycles. The maximum atomic E-state index is 13.9. The number of amides is 1. The van der Waals surface area contributed by atoms with Crippen LogP contribution in [0, 0.1) is 12.8 Å². The summed E-state index contributed by atoms with van der Waals surface area (Å²) >= 11 is 0. The van der Waals surface area contributed by atoms with Gasteiger partial charge in [-0.2, -0.15) is 4.31 Å². The number of nitrogens with zero attached hydrogens (tertiary/aromatic N) is 2. The second kappa shape index (κ2) is 12.1. The maximum Gasteiger partial charge on any atom is 0.252 e. The van der Waals surface area contributed by atoms with E-state index in [1.807, 2.05) is 44.2 Å². The van der Waals surface area contributed by atoms with Gasteiger partial charge in [-0.05, 0) is 49.1 Å². The molecule has 2 heterocycles. The summed E-state index contributed by atoms with van der Waals surface area (Å²) in [6.07, 6.45) is 4.18. The molecule has 10 nitrogen and oxygen atoms in total. The Morgan fingerprint density at radius 2 is 1.88 bits per heavy atom. The highest BCUT2D eigenvalue weighted by atomic mass is 32.2. The van der Waals surface area contributed by atoms with Crippen LogP contribution >= 0.6 is 0 Å². The minimum atomic E-state index is -3.97. The van der Waals surface area contributed by atoms with E-state index in [9.17, 15) is 18.3 Å². The van der Waals surface area contributed by atoms with Gasteiger partial charge in [-0.3, -0.25) is 4.79 Å². The van der Waals surface area contributed by atoms with Crippen molar-refractivity contribution >= 4 is 21.6 Å². The number of sulfonamides is 1. The smallest absolute Gasteiger partial charge is 0.252 e. The van der Waals surface area contributed by atoms with Crippen molar-refractivity contribution in [3.8, 4) is 11.5 Å². The van der Waals surface area contributed by atoms with Crippen LogP contribution in [0.15, 0.2) is 82.0 Å². The molecule has 0 bridgehead atoms. The summed E-state index contributed by atoms with van der Waals surface area (Å²) in [5, 5.41) is 14.5. The highest BCUT2D eigenvalue weighted by Gasteiger charge is 2.35. The summed E-state index contributed by atoms with van der Waals surface area (Å²) in [5.74, 6) is 1.01. The number of allylic oxidation sites excluding steroid dienone is 5. The Morgan fingerprint density at radius 3 is 2.62 bits per heavy atom. The monoisotopic (exact) mass is 592 g/mol. The van der Waals surface area contributed by atoms with Crippen molar-refractivity contribution in [2.45, 2.75) is 45.8 Å². The first-order valence-corrected chi connectivity index (χ1v) is 15.3. The molecule has 2 aliphatic heterocycles. The van der Waals surface area contributed by atoms with Crippen molar-refractivity contribution in [3.05, 3.63) is 93.7 Å². The molecule has 0 saturated heterocycles. The van der Waals surface area contributed by atoms with Crippen LogP contribution in [-0.2, 0) is 16.4 Å². The molecular weight excluding hydrogens is 556 g/mol. The molecule has 0 radical (unpaired) electrons. The number of aliphatic imine (C=N–C) groups is 1. The van der Waals surface area contributed by atoms with Crippen LogP contribution in [0.5, 0.6) is 11.5 Å². The molecule has 1 aliphatic carbocycles. The second-order valence-corrected chi connectivity index (χ2v) is 13.1. The number of fused-ring (bicyclic) bond motifs is 2. The molecular formula is C31H36N4O6S. The lowest BCUT2D eigenvalue weighted by Crippen LogP contribution is -2.51. The van der Waals surface area contributed by atoms with Crippen molar-refractivity contribution in [3.63, 3.8) is 0 Å². The number of nitrogens with two attached hydrogens (primary N) is 1. The molecule has 222 valence electrons. The van der Waals surface area contributed by atoms with Gasteiger partial charge in [0.15, 0.2) is 11.5 Å². The molecule has 4 N–H and O–H groups in total. The van der Waals surface area contributed by atoms with Gasteiger partial charge in [0.25, 0.3) is 5.91 Å². The molecule has 2 aromatic rings. The van der Waals surface area contributed by atoms with Gasteiger partial charge in [0.2, 0.25) is 16.8 Å². The summed E-state index contributed by atoms with van der Waals surface area (Å²) < 4.78 is 40.1. The van der Waals surface area contributed by atoms with E-state index in [1.165, 1.54) is 4.31 Å². The number of benzene rings is 2. The number of hydrogen-bond donors (Lipinski definition) is 3. The normalized spacial score (nSPS) is 17.3. The SMILES string of the molecule is Cc1c(C(=O)NC(Cc2ccccc2)C(O)CN(CC(C)C)S(=O)(=O)C2=CC=C3C=C(N)N=C3C2)ccc2c1OCO2. The van der Waals surface area contributed by atoms with E-state index in [2.05, 4.69) is 10.3 Å². The van der Waals surface area contributed by atoms with Crippen molar-refractivity contribution in [1.82, 2.24) is 9.62 Å². The van der Waals surface area contributed by atoms with Gasteiger partial charge in [-0.1, -0.05) is 50.3 Å². The van der Waals surface area contributed by atoms with Gasteiger partial charge in [-0.15, -0.1) is 0 Å². The minimum absolute atomic E-state index is 0.0122.